The Labute approximate surface area is 104 Å². The second kappa shape index (κ2) is 6.35. The molecule has 0 aromatic carbocycles. The number of hydrogen-bond donors (Lipinski definition) is 2. The molecule has 0 aromatic rings. The minimum Gasteiger partial charge on any atom is -0.481 e. The van der Waals surface area contributed by atoms with Gasteiger partial charge in [-0.05, 0) is 17.8 Å². The molecule has 5 nitrogen and oxygen atoms in total. The number of hydrogen-bond acceptors (Lipinski definition) is 3. The molecule has 0 bridgehead atoms. The van der Waals surface area contributed by atoms with Gasteiger partial charge in [-0.3, -0.25) is 4.79 Å². The van der Waals surface area contributed by atoms with Gasteiger partial charge in [0, 0.05) is 13.0 Å². The summed E-state index contributed by atoms with van der Waals surface area (Å²) < 4.78 is 25.8. The van der Waals surface area contributed by atoms with Crippen LogP contribution in [0.3, 0.4) is 0 Å². The van der Waals surface area contributed by atoms with Crippen molar-refractivity contribution in [3.8, 4) is 0 Å². The molecule has 0 aliphatic rings. The normalized spacial score (nSPS) is 14.6. The average molecular weight is 265 g/mol. The van der Waals surface area contributed by atoms with E-state index >= 15 is 0 Å². The molecule has 0 fully saturated rings. The van der Waals surface area contributed by atoms with Crippen molar-refractivity contribution in [3.63, 3.8) is 0 Å². The van der Waals surface area contributed by atoms with Gasteiger partial charge in [0.05, 0.1) is 5.75 Å². The van der Waals surface area contributed by atoms with Gasteiger partial charge in [0.25, 0.3) is 0 Å². The average Bonchev–Trinajstić information content (AvgIpc) is 2.07. The van der Waals surface area contributed by atoms with Gasteiger partial charge >= 0.3 is 5.97 Å². The van der Waals surface area contributed by atoms with E-state index in [4.69, 9.17) is 5.11 Å². The van der Waals surface area contributed by atoms with Gasteiger partial charge in [0.15, 0.2) is 0 Å². The summed E-state index contributed by atoms with van der Waals surface area (Å²) in [5.74, 6) is -0.749. The van der Waals surface area contributed by atoms with E-state index in [0.29, 0.717) is 13.0 Å². The molecule has 0 aliphatic heterocycles. The Hall–Kier alpha value is -0.620. The van der Waals surface area contributed by atoms with Gasteiger partial charge in [-0.2, -0.15) is 0 Å². The summed E-state index contributed by atoms with van der Waals surface area (Å²) in [5, 5.41) is 8.50. The van der Waals surface area contributed by atoms with Gasteiger partial charge < -0.3 is 5.11 Å². The molecule has 0 saturated carbocycles. The topological polar surface area (TPSA) is 83.5 Å². The number of carbonyl (C=O) groups is 1. The Balaban J connectivity index is 4.06. The second-order valence-electron chi connectivity index (χ2n) is 5.71. The molecular formula is C11H23NO4S. The van der Waals surface area contributed by atoms with Crippen LogP contribution in [-0.4, -0.2) is 31.8 Å². The van der Waals surface area contributed by atoms with Crippen molar-refractivity contribution in [2.45, 2.75) is 40.5 Å². The summed E-state index contributed by atoms with van der Waals surface area (Å²) >= 11 is 0. The van der Waals surface area contributed by atoms with Crippen LogP contribution >= 0.6 is 0 Å². The minimum absolute atomic E-state index is 0.0286. The van der Waals surface area contributed by atoms with E-state index in [9.17, 15) is 13.2 Å². The predicted molar refractivity (Wildman–Crippen MR) is 67.3 cm³/mol. The molecule has 0 spiro atoms. The molecule has 0 aliphatic carbocycles. The maximum absolute atomic E-state index is 11.7. The standard InChI is InChI=1S/C11H23NO4S/c1-9(5-6-10(13)14)7-12-17(15,16)8-11(2,3)4/h9,12H,5-8H2,1-4H3,(H,13,14). The van der Waals surface area contributed by atoms with E-state index in [2.05, 4.69) is 4.72 Å². The van der Waals surface area contributed by atoms with Crippen molar-refractivity contribution in [2.24, 2.45) is 11.3 Å². The van der Waals surface area contributed by atoms with Crippen molar-refractivity contribution in [2.75, 3.05) is 12.3 Å². The molecule has 1 unspecified atom stereocenters. The lowest BCUT2D eigenvalue weighted by Crippen LogP contribution is -2.35. The van der Waals surface area contributed by atoms with Gasteiger partial charge in [0.1, 0.15) is 0 Å². The molecule has 102 valence electrons. The highest BCUT2D eigenvalue weighted by molar-refractivity contribution is 7.89. The number of carboxylic acids is 1. The maximum Gasteiger partial charge on any atom is 0.303 e. The summed E-state index contributed by atoms with van der Waals surface area (Å²) in [5.41, 5.74) is -0.282. The van der Waals surface area contributed by atoms with Crippen LogP contribution in [0.1, 0.15) is 40.5 Å². The summed E-state index contributed by atoms with van der Waals surface area (Å²) in [6.07, 6.45) is 0.551. The van der Waals surface area contributed by atoms with Crippen molar-refractivity contribution in [1.82, 2.24) is 4.72 Å². The van der Waals surface area contributed by atoms with Crippen molar-refractivity contribution >= 4 is 16.0 Å². The number of rotatable bonds is 7. The Kier molecular flexibility index (Phi) is 6.12. The third kappa shape index (κ3) is 10.3. The zero-order chi connectivity index (χ0) is 13.7. The number of sulfonamides is 1. The Morgan fingerprint density at radius 3 is 2.29 bits per heavy atom. The maximum atomic E-state index is 11.7. The molecular weight excluding hydrogens is 242 g/mol. The molecule has 2 N–H and O–H groups in total. The number of nitrogens with one attached hydrogen (secondary N) is 1. The highest BCUT2D eigenvalue weighted by atomic mass is 32.2. The van der Waals surface area contributed by atoms with E-state index in [1.807, 2.05) is 27.7 Å². The van der Waals surface area contributed by atoms with Gasteiger partial charge in [-0.1, -0.05) is 27.7 Å². The molecule has 0 aromatic heterocycles. The zero-order valence-electron chi connectivity index (χ0n) is 11.0. The molecule has 6 heteroatoms. The monoisotopic (exact) mass is 265 g/mol. The number of aliphatic carboxylic acids is 1. The Morgan fingerprint density at radius 2 is 1.88 bits per heavy atom. The van der Waals surface area contributed by atoms with Crippen LogP contribution < -0.4 is 4.72 Å². The lowest BCUT2D eigenvalue weighted by molar-refractivity contribution is -0.137. The fourth-order valence-corrected chi connectivity index (χ4v) is 3.14. The van der Waals surface area contributed by atoms with E-state index in [0.717, 1.165) is 0 Å². The van der Waals surface area contributed by atoms with E-state index in [1.165, 1.54) is 0 Å². The van der Waals surface area contributed by atoms with Crippen LogP contribution in [0.15, 0.2) is 0 Å². The quantitative estimate of drug-likeness (QED) is 0.730. The van der Waals surface area contributed by atoms with Crippen molar-refractivity contribution in [1.29, 1.82) is 0 Å². The molecule has 0 heterocycles. The van der Waals surface area contributed by atoms with Gasteiger partial charge in [0.2, 0.25) is 10.0 Å². The number of carboxylic acid groups (broad SMARTS) is 1. The summed E-state index contributed by atoms with van der Waals surface area (Å²) in [7, 11) is -3.27. The Morgan fingerprint density at radius 1 is 1.35 bits per heavy atom. The first-order valence-corrected chi connectivity index (χ1v) is 7.36. The second-order valence-corrected chi connectivity index (χ2v) is 7.51. The molecule has 0 amide bonds. The largest absolute Gasteiger partial charge is 0.481 e. The van der Waals surface area contributed by atoms with E-state index < -0.39 is 16.0 Å². The molecule has 1 atom stereocenters. The smallest absolute Gasteiger partial charge is 0.303 e. The lowest BCUT2D eigenvalue weighted by Gasteiger charge is -2.19. The van der Waals surface area contributed by atoms with Gasteiger partial charge in [-0.15, -0.1) is 0 Å². The first-order valence-electron chi connectivity index (χ1n) is 5.71. The van der Waals surface area contributed by atoms with Crippen LogP contribution in [0.2, 0.25) is 0 Å². The van der Waals surface area contributed by atoms with E-state index in [-0.39, 0.29) is 23.5 Å². The third-order valence-corrected chi connectivity index (χ3v) is 3.98. The fraction of sp³-hybridized carbons (Fsp3) is 0.909. The van der Waals surface area contributed by atoms with Crippen LogP contribution in [0.4, 0.5) is 0 Å². The first-order chi connectivity index (χ1) is 7.52. The van der Waals surface area contributed by atoms with Crippen LogP contribution in [0.25, 0.3) is 0 Å². The van der Waals surface area contributed by atoms with Crippen molar-refractivity contribution < 1.29 is 18.3 Å². The molecule has 0 radical (unpaired) electrons. The Bertz CT molecular complexity index is 343. The lowest BCUT2D eigenvalue weighted by atomic mass is 10.0. The molecule has 0 saturated heterocycles. The minimum atomic E-state index is -3.27. The van der Waals surface area contributed by atoms with Crippen LogP contribution in [-0.2, 0) is 14.8 Å². The van der Waals surface area contributed by atoms with Crippen LogP contribution in [0, 0.1) is 11.3 Å². The molecule has 17 heavy (non-hydrogen) atoms. The van der Waals surface area contributed by atoms with Gasteiger partial charge in [-0.25, -0.2) is 13.1 Å². The van der Waals surface area contributed by atoms with Crippen LogP contribution in [0.5, 0.6) is 0 Å². The first kappa shape index (κ1) is 16.4. The SMILES string of the molecule is CC(CCC(=O)O)CNS(=O)(=O)CC(C)(C)C. The summed E-state index contributed by atoms with van der Waals surface area (Å²) in [4.78, 5) is 10.4. The zero-order valence-corrected chi connectivity index (χ0v) is 11.8. The van der Waals surface area contributed by atoms with Crippen molar-refractivity contribution in [3.05, 3.63) is 0 Å². The predicted octanol–water partition coefficient (Wildman–Crippen LogP) is 1.45. The fourth-order valence-electron chi connectivity index (χ4n) is 1.36. The molecule has 0 rings (SSSR count). The highest BCUT2D eigenvalue weighted by Crippen LogP contribution is 2.15. The third-order valence-electron chi connectivity index (χ3n) is 2.13. The summed E-state index contributed by atoms with van der Waals surface area (Å²) in [6.45, 7) is 7.72. The van der Waals surface area contributed by atoms with E-state index in [1.54, 1.807) is 0 Å². The highest BCUT2D eigenvalue weighted by Gasteiger charge is 2.21. The summed E-state index contributed by atoms with van der Waals surface area (Å²) in [6, 6.07) is 0.